The second kappa shape index (κ2) is 8.28. The van der Waals surface area contributed by atoms with Gasteiger partial charge in [0.2, 0.25) is 0 Å². The zero-order chi connectivity index (χ0) is 21.5. The summed E-state index contributed by atoms with van der Waals surface area (Å²) in [6, 6.07) is 8.68. The maximum Gasteiger partial charge on any atom is 0.193 e. The molecule has 0 radical (unpaired) electrons. The quantitative estimate of drug-likeness (QED) is 0.331. The zero-order valence-corrected chi connectivity index (χ0v) is 19.8. The van der Waals surface area contributed by atoms with Crippen LogP contribution in [0.15, 0.2) is 45.6 Å². The second-order valence-corrected chi connectivity index (χ2v) is 9.16. The van der Waals surface area contributed by atoms with Gasteiger partial charge in [-0.3, -0.25) is 0 Å². The van der Waals surface area contributed by atoms with Gasteiger partial charge in [0, 0.05) is 35.2 Å². The van der Waals surface area contributed by atoms with Crippen LogP contribution < -0.4 is 4.90 Å². The van der Waals surface area contributed by atoms with Gasteiger partial charge in [0.1, 0.15) is 23.4 Å². The number of imidazole rings is 1. The van der Waals surface area contributed by atoms with Crippen molar-refractivity contribution in [2.75, 3.05) is 11.4 Å². The fourth-order valence-corrected chi connectivity index (χ4v) is 4.74. The van der Waals surface area contributed by atoms with Crippen LogP contribution in [0.5, 0.6) is 0 Å². The third kappa shape index (κ3) is 3.74. The van der Waals surface area contributed by atoms with E-state index in [1.807, 2.05) is 25.3 Å². The van der Waals surface area contributed by atoms with Crippen molar-refractivity contribution in [3.8, 4) is 11.4 Å². The van der Waals surface area contributed by atoms with Gasteiger partial charge in [-0.15, -0.1) is 0 Å². The predicted octanol–water partition coefficient (Wildman–Crippen LogP) is 6.10. The molecule has 4 aromatic rings. The topological polar surface area (TPSA) is 60.0 Å². The highest BCUT2D eigenvalue weighted by atomic mass is 79.9. The molecule has 0 spiro atoms. The molecule has 0 N–H and O–H groups in total. The molecule has 1 unspecified atom stereocenters. The van der Waals surface area contributed by atoms with E-state index in [0.29, 0.717) is 17.6 Å². The molecule has 8 heteroatoms. The van der Waals surface area contributed by atoms with Gasteiger partial charge < -0.3 is 13.9 Å². The largest absolute Gasteiger partial charge is 0.449 e. The SMILES string of the molecule is CCc1nc(Cn2c(-c3ccc(N4CCCC4C)nc3)nc3c(Cl)c(Br)ccc32)co1. The number of halogens is 2. The number of nitrogens with zero attached hydrogens (tertiary/aromatic N) is 5. The van der Waals surface area contributed by atoms with E-state index in [4.69, 9.17) is 26.0 Å². The van der Waals surface area contributed by atoms with Crippen molar-refractivity contribution < 1.29 is 4.42 Å². The van der Waals surface area contributed by atoms with Crippen LogP contribution in [-0.4, -0.2) is 32.1 Å². The van der Waals surface area contributed by atoms with Crippen molar-refractivity contribution in [3.63, 3.8) is 0 Å². The van der Waals surface area contributed by atoms with Crippen molar-refractivity contribution in [1.29, 1.82) is 0 Å². The molecule has 1 saturated heterocycles. The molecule has 1 aliphatic heterocycles. The Balaban J connectivity index is 1.59. The van der Waals surface area contributed by atoms with Gasteiger partial charge in [-0.05, 0) is 60.0 Å². The van der Waals surface area contributed by atoms with Crippen LogP contribution >= 0.6 is 27.5 Å². The fourth-order valence-electron chi connectivity index (χ4n) is 4.22. The van der Waals surface area contributed by atoms with Gasteiger partial charge in [-0.25, -0.2) is 15.0 Å². The monoisotopic (exact) mass is 499 g/mol. The Bertz CT molecular complexity index is 1230. The molecule has 1 aromatic carbocycles. The minimum Gasteiger partial charge on any atom is -0.449 e. The van der Waals surface area contributed by atoms with Crippen molar-refractivity contribution in [2.45, 2.75) is 45.7 Å². The lowest BCUT2D eigenvalue weighted by molar-refractivity contribution is 0.501. The molecule has 0 aliphatic carbocycles. The Morgan fingerprint density at radius 3 is 2.77 bits per heavy atom. The highest BCUT2D eigenvalue weighted by Crippen LogP contribution is 2.34. The van der Waals surface area contributed by atoms with Crippen LogP contribution in [0.4, 0.5) is 5.82 Å². The number of aromatic nitrogens is 4. The molecular weight excluding hydrogens is 478 g/mol. The molecule has 0 saturated carbocycles. The predicted molar refractivity (Wildman–Crippen MR) is 127 cm³/mol. The van der Waals surface area contributed by atoms with Gasteiger partial charge in [-0.1, -0.05) is 18.5 Å². The molecule has 3 aromatic heterocycles. The number of hydrogen-bond donors (Lipinski definition) is 0. The maximum absolute atomic E-state index is 6.58. The van der Waals surface area contributed by atoms with Crippen LogP contribution in [0.2, 0.25) is 5.02 Å². The molecule has 31 heavy (non-hydrogen) atoms. The molecule has 4 heterocycles. The molecule has 0 amide bonds. The first kappa shape index (κ1) is 20.5. The Morgan fingerprint density at radius 2 is 2.10 bits per heavy atom. The number of hydrogen-bond acceptors (Lipinski definition) is 5. The Labute approximate surface area is 194 Å². The number of fused-ring (bicyclic) bond motifs is 1. The summed E-state index contributed by atoms with van der Waals surface area (Å²) in [5.41, 5.74) is 3.49. The fraction of sp³-hybridized carbons (Fsp3) is 0.348. The number of aryl methyl sites for hydroxylation is 1. The second-order valence-electron chi connectivity index (χ2n) is 7.93. The van der Waals surface area contributed by atoms with Crippen LogP contribution in [0, 0.1) is 0 Å². The van der Waals surface area contributed by atoms with E-state index < -0.39 is 0 Å². The zero-order valence-electron chi connectivity index (χ0n) is 17.5. The Hall–Kier alpha value is -2.38. The molecule has 1 fully saturated rings. The lowest BCUT2D eigenvalue weighted by Crippen LogP contribution is -2.26. The number of pyridine rings is 1. The molecule has 1 atom stereocenters. The molecule has 0 bridgehead atoms. The molecular formula is C23H23BrClN5O. The van der Waals surface area contributed by atoms with Crippen LogP contribution in [0.3, 0.4) is 0 Å². The summed E-state index contributed by atoms with van der Waals surface area (Å²) in [4.78, 5) is 16.6. The standard InChI is InChI=1S/C23H23BrClN5O/c1-3-20-27-16(13-31-20)12-30-18-8-7-17(24)21(25)22(18)28-23(30)15-6-9-19(26-11-15)29-10-4-5-14(29)2/h6-9,11,13-14H,3-5,10,12H2,1-2H3. The maximum atomic E-state index is 6.58. The molecule has 1 aliphatic rings. The van der Waals surface area contributed by atoms with Crippen molar-refractivity contribution in [2.24, 2.45) is 0 Å². The Morgan fingerprint density at radius 1 is 1.23 bits per heavy atom. The summed E-state index contributed by atoms with van der Waals surface area (Å²) < 4.78 is 8.50. The lowest BCUT2D eigenvalue weighted by atomic mass is 10.2. The van der Waals surface area contributed by atoms with Gasteiger partial charge in [-0.2, -0.15) is 0 Å². The number of rotatable bonds is 5. The molecule has 5 rings (SSSR count). The van der Waals surface area contributed by atoms with Gasteiger partial charge in [0.15, 0.2) is 5.89 Å². The van der Waals surface area contributed by atoms with E-state index in [2.05, 4.69) is 49.4 Å². The average molecular weight is 501 g/mol. The third-order valence-electron chi connectivity index (χ3n) is 5.89. The number of oxazole rings is 1. The van der Waals surface area contributed by atoms with E-state index >= 15 is 0 Å². The average Bonchev–Trinajstić information content (AvgIpc) is 3.50. The third-order valence-corrected chi connectivity index (χ3v) is 7.16. The first-order chi connectivity index (χ1) is 15.0. The summed E-state index contributed by atoms with van der Waals surface area (Å²) in [5.74, 6) is 2.55. The van der Waals surface area contributed by atoms with Crippen molar-refractivity contribution in [3.05, 3.63) is 57.8 Å². The highest BCUT2D eigenvalue weighted by molar-refractivity contribution is 9.10. The van der Waals surface area contributed by atoms with E-state index in [1.54, 1.807) is 6.26 Å². The van der Waals surface area contributed by atoms with Crippen molar-refractivity contribution in [1.82, 2.24) is 19.5 Å². The summed E-state index contributed by atoms with van der Waals surface area (Å²) in [7, 11) is 0. The Kier molecular flexibility index (Phi) is 5.48. The number of anilines is 1. The molecule has 160 valence electrons. The van der Waals surface area contributed by atoms with E-state index in [-0.39, 0.29) is 0 Å². The van der Waals surface area contributed by atoms with E-state index in [1.165, 1.54) is 12.8 Å². The minimum atomic E-state index is 0.527. The lowest BCUT2D eigenvalue weighted by Gasteiger charge is -2.22. The van der Waals surface area contributed by atoms with Crippen LogP contribution in [0.25, 0.3) is 22.4 Å². The van der Waals surface area contributed by atoms with Gasteiger partial charge in [0.05, 0.1) is 22.8 Å². The first-order valence-corrected chi connectivity index (χ1v) is 11.7. The van der Waals surface area contributed by atoms with E-state index in [0.717, 1.165) is 57.3 Å². The minimum absolute atomic E-state index is 0.527. The smallest absolute Gasteiger partial charge is 0.193 e. The summed E-state index contributed by atoms with van der Waals surface area (Å²) in [6.45, 7) is 5.88. The summed E-state index contributed by atoms with van der Waals surface area (Å²) in [5, 5.41) is 0.599. The van der Waals surface area contributed by atoms with Crippen LogP contribution in [0.1, 0.15) is 38.3 Å². The highest BCUT2D eigenvalue weighted by Gasteiger charge is 2.22. The van der Waals surface area contributed by atoms with Crippen LogP contribution in [-0.2, 0) is 13.0 Å². The van der Waals surface area contributed by atoms with Gasteiger partial charge >= 0.3 is 0 Å². The van der Waals surface area contributed by atoms with Crippen molar-refractivity contribution >= 4 is 44.4 Å². The number of benzene rings is 1. The van der Waals surface area contributed by atoms with Gasteiger partial charge in [0.25, 0.3) is 0 Å². The normalized spacial score (nSPS) is 16.5. The molecule has 6 nitrogen and oxygen atoms in total. The van der Waals surface area contributed by atoms with E-state index in [9.17, 15) is 0 Å². The summed E-state index contributed by atoms with van der Waals surface area (Å²) >= 11 is 10.1. The summed E-state index contributed by atoms with van der Waals surface area (Å²) in [6.07, 6.45) is 6.80. The first-order valence-electron chi connectivity index (χ1n) is 10.6.